The predicted molar refractivity (Wildman–Crippen MR) is 83.4 cm³/mol. The summed E-state index contributed by atoms with van der Waals surface area (Å²) in [6, 6.07) is 3.58. The minimum absolute atomic E-state index is 0.0904. The number of nitrogens with zero attached hydrogens (tertiary/aromatic N) is 1. The number of ether oxygens (including phenoxy) is 1. The SMILES string of the molecule is Cc1cc(OCC(=O)N2CCCC(C(=O)O)C2)cc(C)c1Cl. The first-order chi connectivity index (χ1) is 10.4. The van der Waals surface area contributed by atoms with E-state index in [1.54, 1.807) is 17.0 Å². The Morgan fingerprint density at radius 3 is 2.59 bits per heavy atom. The fourth-order valence-corrected chi connectivity index (χ4v) is 2.74. The van der Waals surface area contributed by atoms with Gasteiger partial charge in [-0.2, -0.15) is 0 Å². The molecule has 2 rings (SSSR count). The van der Waals surface area contributed by atoms with E-state index < -0.39 is 11.9 Å². The Hall–Kier alpha value is -1.75. The smallest absolute Gasteiger partial charge is 0.308 e. The summed E-state index contributed by atoms with van der Waals surface area (Å²) < 4.78 is 5.54. The second-order valence-electron chi connectivity index (χ2n) is 5.68. The highest BCUT2D eigenvalue weighted by atomic mass is 35.5. The van der Waals surface area contributed by atoms with Crippen molar-refractivity contribution in [3.63, 3.8) is 0 Å². The van der Waals surface area contributed by atoms with E-state index in [1.807, 2.05) is 13.8 Å². The van der Waals surface area contributed by atoms with Gasteiger partial charge < -0.3 is 14.7 Å². The van der Waals surface area contributed by atoms with E-state index in [9.17, 15) is 9.59 Å². The van der Waals surface area contributed by atoms with Gasteiger partial charge in [0, 0.05) is 18.1 Å². The van der Waals surface area contributed by atoms with Crippen molar-refractivity contribution in [3.8, 4) is 5.75 Å². The zero-order chi connectivity index (χ0) is 16.3. The summed E-state index contributed by atoms with van der Waals surface area (Å²) >= 11 is 6.09. The summed E-state index contributed by atoms with van der Waals surface area (Å²) in [6.45, 7) is 4.52. The molecular weight excluding hydrogens is 306 g/mol. The van der Waals surface area contributed by atoms with Crippen LogP contribution >= 0.6 is 11.6 Å². The van der Waals surface area contributed by atoms with E-state index in [1.165, 1.54) is 0 Å². The van der Waals surface area contributed by atoms with Crippen LogP contribution < -0.4 is 4.74 Å². The van der Waals surface area contributed by atoms with Crippen LogP contribution in [-0.4, -0.2) is 41.6 Å². The van der Waals surface area contributed by atoms with Gasteiger partial charge in [0.1, 0.15) is 5.75 Å². The van der Waals surface area contributed by atoms with Crippen LogP contribution in [0, 0.1) is 19.8 Å². The number of carbonyl (C=O) groups excluding carboxylic acids is 1. The van der Waals surface area contributed by atoms with Crippen LogP contribution in [0.3, 0.4) is 0 Å². The topological polar surface area (TPSA) is 66.8 Å². The predicted octanol–water partition coefficient (Wildman–Crippen LogP) is 2.66. The van der Waals surface area contributed by atoms with Crippen LogP contribution in [0.15, 0.2) is 12.1 Å². The van der Waals surface area contributed by atoms with Crippen molar-refractivity contribution in [2.45, 2.75) is 26.7 Å². The summed E-state index contributed by atoms with van der Waals surface area (Å²) in [6.07, 6.45) is 1.33. The lowest BCUT2D eigenvalue weighted by atomic mass is 9.98. The number of carboxylic acid groups (broad SMARTS) is 1. The standard InChI is InChI=1S/C16H20ClNO4/c1-10-6-13(7-11(2)15(10)17)22-9-14(19)18-5-3-4-12(8-18)16(20)21/h6-7,12H,3-5,8-9H2,1-2H3,(H,20,21). The van der Waals surface area contributed by atoms with Crippen molar-refractivity contribution in [3.05, 3.63) is 28.3 Å². The molecule has 1 unspecified atom stereocenters. The van der Waals surface area contributed by atoms with Crippen LogP contribution in [0.2, 0.25) is 5.02 Å². The van der Waals surface area contributed by atoms with E-state index in [-0.39, 0.29) is 19.1 Å². The number of halogens is 1. The molecule has 1 aromatic carbocycles. The van der Waals surface area contributed by atoms with Gasteiger partial charge in [-0.15, -0.1) is 0 Å². The summed E-state index contributed by atoms with van der Waals surface area (Å²) in [5, 5.41) is 9.74. The number of rotatable bonds is 4. The van der Waals surface area contributed by atoms with E-state index in [0.717, 1.165) is 11.1 Å². The molecule has 0 spiro atoms. The van der Waals surface area contributed by atoms with Gasteiger partial charge in [0.25, 0.3) is 5.91 Å². The molecule has 0 bridgehead atoms. The number of amides is 1. The lowest BCUT2D eigenvalue weighted by Crippen LogP contribution is -2.44. The van der Waals surface area contributed by atoms with E-state index in [4.69, 9.17) is 21.4 Å². The van der Waals surface area contributed by atoms with Gasteiger partial charge in [0.05, 0.1) is 5.92 Å². The first-order valence-corrected chi connectivity index (χ1v) is 7.66. The Balaban J connectivity index is 1.94. The first kappa shape index (κ1) is 16.6. The molecule has 0 aromatic heterocycles. The van der Waals surface area contributed by atoms with E-state index in [2.05, 4.69) is 0 Å². The number of hydrogen-bond donors (Lipinski definition) is 1. The maximum absolute atomic E-state index is 12.2. The zero-order valence-electron chi connectivity index (χ0n) is 12.8. The van der Waals surface area contributed by atoms with Crippen molar-refractivity contribution in [1.82, 2.24) is 4.90 Å². The molecule has 1 aliphatic rings. The number of piperidine rings is 1. The summed E-state index contributed by atoms with van der Waals surface area (Å²) in [5.74, 6) is -0.907. The third-order valence-electron chi connectivity index (χ3n) is 3.90. The van der Waals surface area contributed by atoms with Gasteiger partial charge in [0.2, 0.25) is 0 Å². The average Bonchev–Trinajstić information content (AvgIpc) is 2.50. The lowest BCUT2D eigenvalue weighted by Gasteiger charge is -2.30. The second-order valence-corrected chi connectivity index (χ2v) is 6.05. The average molecular weight is 326 g/mol. The molecule has 6 heteroatoms. The summed E-state index contributed by atoms with van der Waals surface area (Å²) in [4.78, 5) is 24.8. The molecule has 5 nitrogen and oxygen atoms in total. The monoisotopic (exact) mass is 325 g/mol. The highest BCUT2D eigenvalue weighted by Crippen LogP contribution is 2.26. The Morgan fingerprint density at radius 1 is 1.36 bits per heavy atom. The molecule has 1 saturated heterocycles. The molecular formula is C16H20ClNO4. The van der Waals surface area contributed by atoms with Crippen molar-refractivity contribution in [2.24, 2.45) is 5.92 Å². The fourth-order valence-electron chi connectivity index (χ4n) is 2.63. The molecule has 1 heterocycles. The van der Waals surface area contributed by atoms with Gasteiger partial charge >= 0.3 is 5.97 Å². The Bertz CT molecular complexity index is 565. The normalized spacial score (nSPS) is 18.1. The highest BCUT2D eigenvalue weighted by Gasteiger charge is 2.28. The van der Waals surface area contributed by atoms with Crippen molar-refractivity contribution in [1.29, 1.82) is 0 Å². The lowest BCUT2D eigenvalue weighted by molar-refractivity contribution is -0.146. The van der Waals surface area contributed by atoms with Crippen molar-refractivity contribution in [2.75, 3.05) is 19.7 Å². The van der Waals surface area contributed by atoms with Crippen LogP contribution in [0.4, 0.5) is 0 Å². The van der Waals surface area contributed by atoms with Crippen LogP contribution in [0.25, 0.3) is 0 Å². The number of aliphatic carboxylic acids is 1. The zero-order valence-corrected chi connectivity index (χ0v) is 13.5. The third kappa shape index (κ3) is 3.91. The van der Waals surface area contributed by atoms with Gasteiger partial charge in [-0.1, -0.05) is 11.6 Å². The first-order valence-electron chi connectivity index (χ1n) is 7.28. The number of carboxylic acids is 1. The number of benzene rings is 1. The van der Waals surface area contributed by atoms with Gasteiger partial charge in [-0.05, 0) is 49.9 Å². The van der Waals surface area contributed by atoms with Crippen molar-refractivity contribution < 1.29 is 19.4 Å². The molecule has 0 radical (unpaired) electrons. The minimum atomic E-state index is -0.845. The minimum Gasteiger partial charge on any atom is -0.484 e. The molecule has 22 heavy (non-hydrogen) atoms. The molecule has 120 valence electrons. The number of likely N-dealkylation sites (tertiary alicyclic amines) is 1. The molecule has 1 N–H and O–H groups in total. The maximum atomic E-state index is 12.2. The largest absolute Gasteiger partial charge is 0.484 e. The number of aryl methyl sites for hydroxylation is 2. The van der Waals surface area contributed by atoms with Crippen LogP contribution in [0.1, 0.15) is 24.0 Å². The highest BCUT2D eigenvalue weighted by molar-refractivity contribution is 6.32. The van der Waals surface area contributed by atoms with Gasteiger partial charge in [-0.3, -0.25) is 9.59 Å². The second kappa shape index (κ2) is 7.01. The van der Waals surface area contributed by atoms with Crippen molar-refractivity contribution >= 4 is 23.5 Å². The third-order valence-corrected chi connectivity index (χ3v) is 4.49. The molecule has 1 amide bonds. The summed E-state index contributed by atoms with van der Waals surface area (Å²) in [5.41, 5.74) is 1.79. The molecule has 1 aliphatic heterocycles. The number of carbonyl (C=O) groups is 2. The van der Waals surface area contributed by atoms with Gasteiger partial charge in [-0.25, -0.2) is 0 Å². The molecule has 1 atom stereocenters. The molecule has 0 aliphatic carbocycles. The van der Waals surface area contributed by atoms with E-state index >= 15 is 0 Å². The quantitative estimate of drug-likeness (QED) is 0.924. The Labute approximate surface area is 134 Å². The summed E-state index contributed by atoms with van der Waals surface area (Å²) in [7, 11) is 0. The Kier molecular flexibility index (Phi) is 5.29. The molecule has 1 aromatic rings. The van der Waals surface area contributed by atoms with E-state index in [0.29, 0.717) is 30.2 Å². The van der Waals surface area contributed by atoms with Crippen LogP contribution in [0.5, 0.6) is 5.75 Å². The van der Waals surface area contributed by atoms with Gasteiger partial charge in [0.15, 0.2) is 6.61 Å². The number of hydrogen-bond acceptors (Lipinski definition) is 3. The fraction of sp³-hybridized carbons (Fsp3) is 0.500. The maximum Gasteiger partial charge on any atom is 0.308 e. The molecule has 1 fully saturated rings. The van der Waals surface area contributed by atoms with Crippen LogP contribution in [-0.2, 0) is 9.59 Å². The Morgan fingerprint density at radius 2 is 2.00 bits per heavy atom. The molecule has 0 saturated carbocycles.